The van der Waals surface area contributed by atoms with Crippen LogP contribution < -0.4 is 5.48 Å². The fraction of sp³-hybridized carbons (Fsp3) is 0.357. The maximum absolute atomic E-state index is 11.9. The molecule has 0 atom stereocenters. The number of benzene rings is 1. The highest BCUT2D eigenvalue weighted by atomic mass is 16.7. The second-order valence-electron chi connectivity index (χ2n) is 4.74. The van der Waals surface area contributed by atoms with Crippen molar-refractivity contribution in [1.29, 1.82) is 0 Å². The predicted molar refractivity (Wildman–Crippen MR) is 69.1 cm³/mol. The number of hydroxylamine groups is 1. The van der Waals surface area contributed by atoms with Gasteiger partial charge >= 0.3 is 0 Å². The van der Waals surface area contributed by atoms with E-state index in [1.165, 1.54) is 12.8 Å². The Morgan fingerprint density at radius 1 is 1.28 bits per heavy atom. The fourth-order valence-corrected chi connectivity index (χ4v) is 2.39. The Morgan fingerprint density at radius 3 is 2.94 bits per heavy atom. The van der Waals surface area contributed by atoms with E-state index in [1.54, 1.807) is 0 Å². The number of carbonyl (C=O) groups is 1. The van der Waals surface area contributed by atoms with Gasteiger partial charge in [-0.1, -0.05) is 18.9 Å². The van der Waals surface area contributed by atoms with Gasteiger partial charge in [-0.05, 0) is 36.4 Å². The Balaban J connectivity index is 1.67. The van der Waals surface area contributed by atoms with E-state index in [-0.39, 0.29) is 12.0 Å². The molecule has 1 aliphatic rings. The standard InChI is InChI=1S/C14H16N2O2/c17-14(16-18-12-3-1-2-4-12)11-6-5-10-7-8-15-13(10)9-11/h5-9,12,15H,1-4H2,(H,16,17). The van der Waals surface area contributed by atoms with Crippen LogP contribution in [0.25, 0.3) is 10.9 Å². The Morgan fingerprint density at radius 2 is 2.11 bits per heavy atom. The zero-order chi connectivity index (χ0) is 12.4. The van der Waals surface area contributed by atoms with Crippen molar-refractivity contribution in [1.82, 2.24) is 10.5 Å². The van der Waals surface area contributed by atoms with Gasteiger partial charge in [0, 0.05) is 17.3 Å². The average molecular weight is 244 g/mol. The van der Waals surface area contributed by atoms with Gasteiger partial charge in [-0.2, -0.15) is 0 Å². The average Bonchev–Trinajstić information content (AvgIpc) is 3.05. The van der Waals surface area contributed by atoms with Gasteiger partial charge < -0.3 is 4.98 Å². The first kappa shape index (κ1) is 11.3. The van der Waals surface area contributed by atoms with Crippen LogP contribution in [-0.4, -0.2) is 17.0 Å². The number of nitrogens with one attached hydrogen (secondary N) is 2. The lowest BCUT2D eigenvalue weighted by Crippen LogP contribution is -2.28. The second-order valence-corrected chi connectivity index (χ2v) is 4.74. The quantitative estimate of drug-likeness (QED) is 0.816. The van der Waals surface area contributed by atoms with E-state index in [1.807, 2.05) is 30.5 Å². The Labute approximate surface area is 105 Å². The molecule has 1 aliphatic carbocycles. The van der Waals surface area contributed by atoms with E-state index in [0.29, 0.717) is 5.56 Å². The molecule has 0 radical (unpaired) electrons. The van der Waals surface area contributed by atoms with Gasteiger partial charge in [0.05, 0.1) is 6.10 Å². The van der Waals surface area contributed by atoms with Crippen molar-refractivity contribution in [2.45, 2.75) is 31.8 Å². The third-order valence-corrected chi connectivity index (χ3v) is 3.44. The van der Waals surface area contributed by atoms with Gasteiger partial charge in [0.25, 0.3) is 5.91 Å². The summed E-state index contributed by atoms with van der Waals surface area (Å²) in [6.07, 6.45) is 6.50. The molecule has 2 aromatic rings. The molecule has 1 amide bonds. The first-order valence-corrected chi connectivity index (χ1v) is 6.36. The molecule has 0 saturated heterocycles. The van der Waals surface area contributed by atoms with E-state index in [2.05, 4.69) is 10.5 Å². The highest BCUT2D eigenvalue weighted by molar-refractivity contribution is 5.97. The first-order chi connectivity index (χ1) is 8.83. The molecule has 1 fully saturated rings. The minimum absolute atomic E-state index is 0.182. The number of carbonyl (C=O) groups excluding carboxylic acids is 1. The summed E-state index contributed by atoms with van der Waals surface area (Å²) in [4.78, 5) is 20.4. The summed E-state index contributed by atoms with van der Waals surface area (Å²) in [5.74, 6) is -0.182. The van der Waals surface area contributed by atoms with Crippen LogP contribution in [0.4, 0.5) is 0 Å². The van der Waals surface area contributed by atoms with E-state index >= 15 is 0 Å². The molecule has 0 unspecified atom stereocenters. The number of hydrogen-bond donors (Lipinski definition) is 2. The normalized spacial score (nSPS) is 16.2. The van der Waals surface area contributed by atoms with Gasteiger partial charge in [-0.3, -0.25) is 9.63 Å². The van der Waals surface area contributed by atoms with Gasteiger partial charge in [0.1, 0.15) is 0 Å². The maximum atomic E-state index is 11.9. The highest BCUT2D eigenvalue weighted by Gasteiger charge is 2.17. The lowest BCUT2D eigenvalue weighted by atomic mass is 10.1. The molecule has 4 heteroatoms. The van der Waals surface area contributed by atoms with Gasteiger partial charge in [-0.25, -0.2) is 5.48 Å². The summed E-state index contributed by atoms with van der Waals surface area (Å²) in [7, 11) is 0. The lowest BCUT2D eigenvalue weighted by Gasteiger charge is -2.11. The molecular formula is C14H16N2O2. The van der Waals surface area contributed by atoms with Crippen LogP contribution in [0.3, 0.4) is 0 Å². The molecule has 1 heterocycles. The highest BCUT2D eigenvalue weighted by Crippen LogP contribution is 2.20. The van der Waals surface area contributed by atoms with E-state index < -0.39 is 0 Å². The van der Waals surface area contributed by atoms with Crippen LogP contribution in [-0.2, 0) is 4.84 Å². The molecule has 0 spiro atoms. The predicted octanol–water partition coefficient (Wildman–Crippen LogP) is 2.77. The number of aromatic nitrogens is 1. The Hall–Kier alpha value is -1.81. The van der Waals surface area contributed by atoms with Gasteiger partial charge in [0.2, 0.25) is 0 Å². The SMILES string of the molecule is O=C(NOC1CCCC1)c1ccc2cc[nH]c2c1. The minimum Gasteiger partial charge on any atom is -0.361 e. The number of fused-ring (bicyclic) bond motifs is 1. The first-order valence-electron chi connectivity index (χ1n) is 6.36. The van der Waals surface area contributed by atoms with E-state index in [9.17, 15) is 4.79 Å². The molecule has 1 aromatic heterocycles. The molecule has 0 aliphatic heterocycles. The maximum Gasteiger partial charge on any atom is 0.274 e. The van der Waals surface area contributed by atoms with Gasteiger partial charge in [0.15, 0.2) is 0 Å². The monoisotopic (exact) mass is 244 g/mol. The molecule has 1 aromatic carbocycles. The minimum atomic E-state index is -0.182. The lowest BCUT2D eigenvalue weighted by molar-refractivity contribution is -0.0124. The largest absolute Gasteiger partial charge is 0.361 e. The topological polar surface area (TPSA) is 54.1 Å². The fourth-order valence-electron chi connectivity index (χ4n) is 2.39. The molecule has 94 valence electrons. The number of hydrogen-bond acceptors (Lipinski definition) is 2. The smallest absolute Gasteiger partial charge is 0.274 e. The zero-order valence-electron chi connectivity index (χ0n) is 10.1. The molecule has 2 N–H and O–H groups in total. The van der Waals surface area contributed by atoms with Crippen molar-refractivity contribution >= 4 is 16.8 Å². The molecule has 3 rings (SSSR count). The summed E-state index contributed by atoms with van der Waals surface area (Å²) < 4.78 is 0. The van der Waals surface area contributed by atoms with Crippen molar-refractivity contribution in [3.63, 3.8) is 0 Å². The van der Waals surface area contributed by atoms with Crippen molar-refractivity contribution in [3.05, 3.63) is 36.0 Å². The summed E-state index contributed by atoms with van der Waals surface area (Å²) in [6, 6.07) is 7.55. The van der Waals surface area contributed by atoms with Crippen LogP contribution in [0, 0.1) is 0 Å². The summed E-state index contributed by atoms with van der Waals surface area (Å²) in [5, 5.41) is 1.10. The van der Waals surface area contributed by atoms with Crippen molar-refractivity contribution in [2.24, 2.45) is 0 Å². The van der Waals surface area contributed by atoms with Crippen LogP contribution in [0.2, 0.25) is 0 Å². The Bertz CT molecular complexity index is 556. The molecule has 4 nitrogen and oxygen atoms in total. The molecule has 18 heavy (non-hydrogen) atoms. The van der Waals surface area contributed by atoms with Crippen LogP contribution in [0.15, 0.2) is 30.5 Å². The third-order valence-electron chi connectivity index (χ3n) is 3.44. The van der Waals surface area contributed by atoms with E-state index in [4.69, 9.17) is 4.84 Å². The molecule has 0 bridgehead atoms. The van der Waals surface area contributed by atoms with Crippen molar-refractivity contribution in [3.8, 4) is 0 Å². The molecule has 1 saturated carbocycles. The summed E-state index contributed by atoms with van der Waals surface area (Å²) >= 11 is 0. The van der Waals surface area contributed by atoms with Gasteiger partial charge in [-0.15, -0.1) is 0 Å². The van der Waals surface area contributed by atoms with Crippen LogP contribution in [0.5, 0.6) is 0 Å². The number of H-pyrrole nitrogens is 1. The van der Waals surface area contributed by atoms with Crippen LogP contribution in [0.1, 0.15) is 36.0 Å². The second kappa shape index (κ2) is 4.82. The number of aromatic amines is 1. The van der Waals surface area contributed by atoms with Crippen molar-refractivity contribution < 1.29 is 9.63 Å². The third kappa shape index (κ3) is 2.24. The number of rotatable bonds is 3. The van der Waals surface area contributed by atoms with Crippen molar-refractivity contribution in [2.75, 3.05) is 0 Å². The Kier molecular flexibility index (Phi) is 3.02. The van der Waals surface area contributed by atoms with Crippen LogP contribution >= 0.6 is 0 Å². The summed E-state index contributed by atoms with van der Waals surface area (Å²) in [5.41, 5.74) is 4.12. The number of amides is 1. The van der Waals surface area contributed by atoms with E-state index in [0.717, 1.165) is 23.7 Å². The summed E-state index contributed by atoms with van der Waals surface area (Å²) in [6.45, 7) is 0. The molecular weight excluding hydrogens is 228 g/mol. The zero-order valence-corrected chi connectivity index (χ0v) is 10.1.